The molecule has 1 saturated heterocycles. The first-order valence-corrected chi connectivity index (χ1v) is 9.71. The summed E-state index contributed by atoms with van der Waals surface area (Å²) in [5.41, 5.74) is 1.62. The molecule has 0 aliphatic carbocycles. The molecular weight excluding hydrogens is 400 g/mol. The number of carbonyl (C=O) groups is 2. The van der Waals surface area contributed by atoms with Gasteiger partial charge in [-0.2, -0.15) is 0 Å². The highest BCUT2D eigenvalue weighted by Gasteiger charge is 2.30. The summed E-state index contributed by atoms with van der Waals surface area (Å²) in [6.45, 7) is 2.15. The van der Waals surface area contributed by atoms with Gasteiger partial charge in [-0.15, -0.1) is 0 Å². The van der Waals surface area contributed by atoms with Gasteiger partial charge in [0.25, 0.3) is 0 Å². The number of aromatic nitrogens is 1. The summed E-state index contributed by atoms with van der Waals surface area (Å²) in [7, 11) is 0. The maximum atomic E-state index is 11.7. The van der Waals surface area contributed by atoms with Gasteiger partial charge >= 0.3 is 12.1 Å². The molecule has 0 spiro atoms. The number of esters is 1. The molecule has 1 aliphatic rings. The van der Waals surface area contributed by atoms with Crippen LogP contribution in [0.15, 0.2) is 63.6 Å². The monoisotopic (exact) mass is 418 g/mol. The van der Waals surface area contributed by atoms with Crippen LogP contribution in [-0.2, 0) is 22.7 Å². The van der Waals surface area contributed by atoms with Crippen molar-refractivity contribution >= 4 is 22.8 Å². The number of rotatable bonds is 6. The molecule has 0 N–H and O–H groups in total. The second-order valence-electron chi connectivity index (χ2n) is 7.18. The predicted octanol–water partition coefficient (Wildman–Crippen LogP) is 4.45. The van der Waals surface area contributed by atoms with E-state index in [9.17, 15) is 9.59 Å². The van der Waals surface area contributed by atoms with E-state index in [1.54, 1.807) is 6.26 Å². The minimum Gasteiger partial charge on any atom is -0.487 e. The van der Waals surface area contributed by atoms with Gasteiger partial charge in [0.1, 0.15) is 36.1 Å². The van der Waals surface area contributed by atoms with Crippen LogP contribution in [0.2, 0.25) is 0 Å². The summed E-state index contributed by atoms with van der Waals surface area (Å²) in [6.07, 6.45) is 0.934. The van der Waals surface area contributed by atoms with Crippen LogP contribution < -0.4 is 4.74 Å². The van der Waals surface area contributed by atoms with E-state index in [0.717, 1.165) is 16.3 Å². The molecule has 3 heterocycles. The normalized spacial score (nSPS) is 13.8. The lowest BCUT2D eigenvalue weighted by atomic mass is 10.1. The van der Waals surface area contributed by atoms with E-state index in [1.165, 1.54) is 4.90 Å². The number of hydrogen-bond donors (Lipinski definition) is 0. The van der Waals surface area contributed by atoms with E-state index in [-0.39, 0.29) is 19.7 Å². The van der Waals surface area contributed by atoms with Gasteiger partial charge in [0.15, 0.2) is 0 Å². The molecule has 1 fully saturated rings. The Morgan fingerprint density at radius 2 is 1.97 bits per heavy atom. The number of amides is 1. The first kappa shape index (κ1) is 18.9. The van der Waals surface area contributed by atoms with Gasteiger partial charge in [0.05, 0.1) is 12.8 Å². The molecule has 5 rings (SSSR count). The van der Waals surface area contributed by atoms with E-state index in [1.807, 2.05) is 55.5 Å². The second-order valence-corrected chi connectivity index (χ2v) is 7.18. The Morgan fingerprint density at radius 1 is 1.13 bits per heavy atom. The molecule has 0 unspecified atom stereocenters. The number of hydrogen-bond acceptors (Lipinski definition) is 7. The lowest BCUT2D eigenvalue weighted by Crippen LogP contribution is -2.23. The number of carbonyl (C=O) groups excluding carboxylic acids is 2. The number of oxazole rings is 1. The fourth-order valence-corrected chi connectivity index (χ4v) is 3.42. The first-order valence-electron chi connectivity index (χ1n) is 9.71. The van der Waals surface area contributed by atoms with Crippen LogP contribution in [0.4, 0.5) is 4.79 Å². The largest absolute Gasteiger partial charge is 0.487 e. The van der Waals surface area contributed by atoms with Crippen LogP contribution in [0, 0.1) is 6.92 Å². The van der Waals surface area contributed by atoms with Crippen LogP contribution >= 0.6 is 0 Å². The van der Waals surface area contributed by atoms with Crippen LogP contribution in [0.3, 0.4) is 0 Å². The van der Waals surface area contributed by atoms with Crippen LogP contribution in [0.25, 0.3) is 22.2 Å². The predicted molar refractivity (Wildman–Crippen MR) is 109 cm³/mol. The van der Waals surface area contributed by atoms with Crippen molar-refractivity contribution in [3.63, 3.8) is 0 Å². The van der Waals surface area contributed by atoms with Crippen molar-refractivity contribution in [1.82, 2.24) is 9.88 Å². The van der Waals surface area contributed by atoms with Gasteiger partial charge in [-0.3, -0.25) is 4.90 Å². The van der Waals surface area contributed by atoms with Crippen molar-refractivity contribution < 1.29 is 27.9 Å². The number of furan rings is 1. The Morgan fingerprint density at radius 3 is 2.74 bits per heavy atom. The molecule has 0 bridgehead atoms. The van der Waals surface area contributed by atoms with Crippen molar-refractivity contribution in [1.29, 1.82) is 0 Å². The summed E-state index contributed by atoms with van der Waals surface area (Å²) in [6, 6.07) is 15.2. The van der Waals surface area contributed by atoms with E-state index in [2.05, 4.69) is 9.72 Å². The second kappa shape index (κ2) is 7.64. The Kier molecular flexibility index (Phi) is 4.66. The van der Waals surface area contributed by atoms with Crippen LogP contribution in [0.5, 0.6) is 5.75 Å². The fourth-order valence-electron chi connectivity index (χ4n) is 3.42. The molecule has 1 amide bonds. The Hall–Kier alpha value is -4.07. The van der Waals surface area contributed by atoms with Crippen molar-refractivity contribution in [3.05, 3.63) is 72.0 Å². The maximum Gasteiger partial charge on any atom is 0.418 e. The molecule has 0 saturated carbocycles. The average molecular weight is 418 g/mol. The molecule has 0 atom stereocenters. The van der Waals surface area contributed by atoms with E-state index in [4.69, 9.17) is 13.6 Å². The Balaban J connectivity index is 1.33. The van der Waals surface area contributed by atoms with Crippen LogP contribution in [-0.4, -0.2) is 28.5 Å². The van der Waals surface area contributed by atoms with Gasteiger partial charge in [0, 0.05) is 16.3 Å². The average Bonchev–Trinajstić information content (AvgIpc) is 3.44. The molecular formula is C23H18N2O6. The summed E-state index contributed by atoms with van der Waals surface area (Å²) in [5.74, 6) is 1.86. The summed E-state index contributed by atoms with van der Waals surface area (Å²) >= 11 is 0. The standard InChI is InChI=1S/C23H18N2O6/c1-14-19(24-22(30-14)15-5-3-2-4-6-15)13-28-17-8-7-16-12-29-20(18(16)9-17)10-25-11-21(26)31-23(25)27/h2-9,12H,10-11,13H2,1H3. The third-order valence-electron chi connectivity index (χ3n) is 5.06. The molecule has 156 valence electrons. The van der Waals surface area contributed by atoms with Gasteiger partial charge in [0.2, 0.25) is 5.89 Å². The van der Waals surface area contributed by atoms with Gasteiger partial charge in [-0.05, 0) is 37.3 Å². The topological polar surface area (TPSA) is 95.0 Å². The third kappa shape index (κ3) is 3.75. The zero-order valence-electron chi connectivity index (χ0n) is 16.7. The Labute approximate surface area is 177 Å². The highest BCUT2D eigenvalue weighted by atomic mass is 16.6. The highest BCUT2D eigenvalue weighted by Crippen LogP contribution is 2.29. The minimum atomic E-state index is -0.669. The van der Waals surface area contributed by atoms with E-state index in [0.29, 0.717) is 28.9 Å². The van der Waals surface area contributed by atoms with E-state index < -0.39 is 12.1 Å². The van der Waals surface area contributed by atoms with Crippen molar-refractivity contribution in [2.24, 2.45) is 0 Å². The highest BCUT2D eigenvalue weighted by molar-refractivity contribution is 5.93. The number of ether oxygens (including phenoxy) is 2. The Bertz CT molecular complexity index is 1270. The summed E-state index contributed by atoms with van der Waals surface area (Å²) < 4.78 is 21.9. The maximum absolute atomic E-state index is 11.7. The fraction of sp³-hybridized carbons (Fsp3) is 0.174. The molecule has 31 heavy (non-hydrogen) atoms. The molecule has 2 aromatic carbocycles. The molecule has 8 heteroatoms. The number of benzene rings is 2. The van der Waals surface area contributed by atoms with Crippen molar-refractivity contribution in [3.8, 4) is 17.2 Å². The van der Waals surface area contributed by atoms with Gasteiger partial charge in [-0.25, -0.2) is 14.6 Å². The summed E-state index contributed by atoms with van der Waals surface area (Å²) in [4.78, 5) is 28.8. The molecule has 1 aliphatic heterocycles. The number of nitrogens with zero attached hydrogens (tertiary/aromatic N) is 2. The van der Waals surface area contributed by atoms with Crippen molar-refractivity contribution in [2.45, 2.75) is 20.1 Å². The van der Waals surface area contributed by atoms with E-state index >= 15 is 0 Å². The minimum absolute atomic E-state index is 0.0909. The smallest absolute Gasteiger partial charge is 0.418 e. The SMILES string of the molecule is Cc1oc(-c2ccccc2)nc1COc1ccc2coc(CN3CC(=O)OC3=O)c2c1. The first-order chi connectivity index (χ1) is 15.1. The molecule has 4 aromatic rings. The number of aryl methyl sites for hydroxylation is 1. The van der Waals surface area contributed by atoms with Crippen LogP contribution in [0.1, 0.15) is 17.2 Å². The molecule has 0 radical (unpaired) electrons. The number of cyclic esters (lactones) is 2. The third-order valence-corrected chi connectivity index (χ3v) is 5.06. The lowest BCUT2D eigenvalue weighted by molar-refractivity contribution is -0.132. The lowest BCUT2D eigenvalue weighted by Gasteiger charge is -2.10. The van der Waals surface area contributed by atoms with Gasteiger partial charge in [-0.1, -0.05) is 18.2 Å². The zero-order chi connectivity index (χ0) is 21.4. The molecule has 8 nitrogen and oxygen atoms in total. The van der Waals surface area contributed by atoms with Crippen molar-refractivity contribution in [2.75, 3.05) is 6.54 Å². The number of fused-ring (bicyclic) bond motifs is 1. The summed E-state index contributed by atoms with van der Waals surface area (Å²) in [5, 5.41) is 1.66. The molecule has 2 aromatic heterocycles. The quantitative estimate of drug-likeness (QED) is 0.337. The zero-order valence-corrected chi connectivity index (χ0v) is 16.7. The van der Waals surface area contributed by atoms with Gasteiger partial charge < -0.3 is 18.3 Å².